The molecule has 2 N–H and O–H groups in total. The van der Waals surface area contributed by atoms with Crippen LogP contribution in [0.3, 0.4) is 0 Å². The number of hydrogen-bond acceptors (Lipinski definition) is 2. The number of carboxylic acid groups (broad SMARTS) is 2. The molecule has 2 rings (SSSR count). The van der Waals surface area contributed by atoms with E-state index in [0.29, 0.717) is 0 Å². The molecule has 0 aliphatic heterocycles. The first-order valence-electron chi connectivity index (χ1n) is 5.93. The van der Waals surface area contributed by atoms with Crippen molar-refractivity contribution in [3.63, 3.8) is 0 Å². The van der Waals surface area contributed by atoms with Crippen LogP contribution in [0.15, 0.2) is 36.4 Å². The van der Waals surface area contributed by atoms with Crippen LogP contribution in [0.1, 0.15) is 31.8 Å². The highest BCUT2D eigenvalue weighted by atomic mass is 19.1. The van der Waals surface area contributed by atoms with E-state index in [4.69, 9.17) is 10.2 Å². The molecule has 2 aromatic rings. The minimum absolute atomic E-state index is 0.252. The molecule has 108 valence electrons. The van der Waals surface area contributed by atoms with Gasteiger partial charge < -0.3 is 10.2 Å². The monoisotopic (exact) mass is 292 g/mol. The molecule has 0 amide bonds. The number of halogens is 2. The average Bonchev–Trinajstić information content (AvgIpc) is 2.42. The Morgan fingerprint density at radius 1 is 0.810 bits per heavy atom. The minimum atomic E-state index is -1.36. The second-order valence-electron chi connectivity index (χ2n) is 4.32. The number of hydrogen-bond donors (Lipinski definition) is 2. The van der Waals surface area contributed by atoms with Crippen molar-refractivity contribution in [1.29, 1.82) is 0 Å². The molecule has 6 heteroatoms. The van der Waals surface area contributed by atoms with E-state index >= 15 is 0 Å². The number of benzene rings is 2. The van der Waals surface area contributed by atoms with Crippen LogP contribution in [-0.4, -0.2) is 22.2 Å². The average molecular weight is 292 g/mol. The van der Waals surface area contributed by atoms with Crippen LogP contribution in [0.2, 0.25) is 0 Å². The zero-order valence-electron chi connectivity index (χ0n) is 10.6. The van der Waals surface area contributed by atoms with Crippen LogP contribution in [0.4, 0.5) is 8.78 Å². The molecular formula is C15H10F2O4. The predicted octanol–water partition coefficient (Wildman–Crippen LogP) is 2.95. The minimum Gasteiger partial charge on any atom is -0.478 e. The largest absolute Gasteiger partial charge is 0.478 e. The van der Waals surface area contributed by atoms with Crippen molar-refractivity contribution in [2.24, 2.45) is 0 Å². The van der Waals surface area contributed by atoms with E-state index in [1.54, 1.807) is 0 Å². The molecule has 0 fully saturated rings. The Labute approximate surface area is 118 Å². The maximum Gasteiger partial charge on any atom is 0.336 e. The summed E-state index contributed by atoms with van der Waals surface area (Å²) in [5.74, 6) is -4.38. The molecule has 21 heavy (non-hydrogen) atoms. The highest BCUT2D eigenvalue weighted by molar-refractivity contribution is 5.91. The molecule has 4 nitrogen and oxygen atoms in total. The molecule has 2 aromatic carbocycles. The second-order valence-corrected chi connectivity index (χ2v) is 4.32. The molecule has 0 radical (unpaired) electrons. The summed E-state index contributed by atoms with van der Waals surface area (Å²) < 4.78 is 27.7. The molecule has 0 atom stereocenters. The van der Waals surface area contributed by atoms with E-state index in [1.165, 1.54) is 24.3 Å². The van der Waals surface area contributed by atoms with E-state index in [-0.39, 0.29) is 22.3 Å². The third-order valence-corrected chi connectivity index (χ3v) is 3.05. The van der Waals surface area contributed by atoms with Crippen molar-refractivity contribution < 1.29 is 28.6 Å². The van der Waals surface area contributed by atoms with Gasteiger partial charge in [-0.1, -0.05) is 12.1 Å². The van der Waals surface area contributed by atoms with Gasteiger partial charge in [-0.05, 0) is 24.3 Å². The Balaban J connectivity index is 2.59. The standard InChI is InChI=1S/C15H10F2O4/c16-12-5-1-3-8(14(18)19)10(12)7-11-9(15(20)21)4-2-6-13(11)17/h1-6H,7H2,(H,18,19)(H,20,21). The maximum absolute atomic E-state index is 13.8. The summed E-state index contributed by atoms with van der Waals surface area (Å²) in [6.45, 7) is 0. The van der Waals surface area contributed by atoms with Gasteiger partial charge in [0.2, 0.25) is 0 Å². The Morgan fingerprint density at radius 2 is 1.19 bits per heavy atom. The first-order valence-corrected chi connectivity index (χ1v) is 5.93. The van der Waals surface area contributed by atoms with Crippen molar-refractivity contribution >= 4 is 11.9 Å². The third-order valence-electron chi connectivity index (χ3n) is 3.05. The van der Waals surface area contributed by atoms with Crippen molar-refractivity contribution in [3.05, 3.63) is 70.3 Å². The molecule has 0 aromatic heterocycles. The fourth-order valence-corrected chi connectivity index (χ4v) is 2.05. The van der Waals surface area contributed by atoms with Crippen molar-refractivity contribution in [1.82, 2.24) is 0 Å². The fourth-order valence-electron chi connectivity index (χ4n) is 2.05. The van der Waals surface area contributed by atoms with Gasteiger partial charge in [0.15, 0.2) is 0 Å². The third kappa shape index (κ3) is 2.89. The Kier molecular flexibility index (Phi) is 3.98. The van der Waals surface area contributed by atoms with Crippen LogP contribution in [0, 0.1) is 11.6 Å². The Hall–Kier alpha value is -2.76. The highest BCUT2D eigenvalue weighted by Gasteiger charge is 2.20. The van der Waals surface area contributed by atoms with Gasteiger partial charge in [0.1, 0.15) is 11.6 Å². The van der Waals surface area contributed by atoms with Gasteiger partial charge in [-0.2, -0.15) is 0 Å². The molecular weight excluding hydrogens is 282 g/mol. The van der Waals surface area contributed by atoms with Gasteiger partial charge in [-0.3, -0.25) is 0 Å². The molecule has 0 saturated heterocycles. The Bertz CT molecular complexity index is 664. The molecule has 0 bridgehead atoms. The summed E-state index contributed by atoms with van der Waals surface area (Å²) in [6.07, 6.45) is -0.456. The number of rotatable bonds is 4. The molecule has 0 aliphatic rings. The summed E-state index contributed by atoms with van der Waals surface area (Å²) in [5.41, 5.74) is -1.15. The summed E-state index contributed by atoms with van der Waals surface area (Å²) in [7, 11) is 0. The number of aromatic carboxylic acids is 2. The van der Waals surface area contributed by atoms with Crippen LogP contribution >= 0.6 is 0 Å². The van der Waals surface area contributed by atoms with Gasteiger partial charge >= 0.3 is 11.9 Å². The van der Waals surface area contributed by atoms with E-state index in [1.807, 2.05) is 0 Å². The van der Waals surface area contributed by atoms with Crippen LogP contribution in [0.5, 0.6) is 0 Å². The van der Waals surface area contributed by atoms with Crippen LogP contribution < -0.4 is 0 Å². The zero-order chi connectivity index (χ0) is 15.6. The molecule has 0 spiro atoms. The lowest BCUT2D eigenvalue weighted by molar-refractivity contribution is 0.0686. The summed E-state index contributed by atoms with van der Waals surface area (Å²) in [5, 5.41) is 18.1. The normalized spacial score (nSPS) is 10.4. The fraction of sp³-hybridized carbons (Fsp3) is 0.0667. The lowest BCUT2D eigenvalue weighted by atomic mass is 9.95. The predicted molar refractivity (Wildman–Crippen MR) is 69.5 cm³/mol. The topological polar surface area (TPSA) is 74.6 Å². The summed E-state index contributed by atoms with van der Waals surface area (Å²) in [4.78, 5) is 22.2. The van der Waals surface area contributed by atoms with E-state index in [0.717, 1.165) is 12.1 Å². The number of carbonyl (C=O) groups is 2. The van der Waals surface area contributed by atoms with Gasteiger partial charge in [-0.25, -0.2) is 18.4 Å². The smallest absolute Gasteiger partial charge is 0.336 e. The first kappa shape index (κ1) is 14.6. The molecule has 0 aliphatic carbocycles. The summed E-state index contributed by atoms with van der Waals surface area (Å²) in [6, 6.07) is 6.90. The lowest BCUT2D eigenvalue weighted by Crippen LogP contribution is -2.10. The zero-order valence-corrected chi connectivity index (χ0v) is 10.6. The van der Waals surface area contributed by atoms with Crippen molar-refractivity contribution in [2.75, 3.05) is 0 Å². The van der Waals surface area contributed by atoms with E-state index in [9.17, 15) is 18.4 Å². The van der Waals surface area contributed by atoms with Crippen molar-refractivity contribution in [2.45, 2.75) is 6.42 Å². The molecule has 0 saturated carbocycles. The van der Waals surface area contributed by atoms with Crippen LogP contribution in [0.25, 0.3) is 0 Å². The van der Waals surface area contributed by atoms with Crippen LogP contribution in [-0.2, 0) is 6.42 Å². The quantitative estimate of drug-likeness (QED) is 0.908. The lowest BCUT2D eigenvalue weighted by Gasteiger charge is -2.11. The van der Waals surface area contributed by atoms with Crippen molar-refractivity contribution in [3.8, 4) is 0 Å². The second kappa shape index (κ2) is 5.70. The number of carboxylic acids is 2. The molecule has 0 unspecified atom stereocenters. The first-order chi connectivity index (χ1) is 9.91. The summed E-state index contributed by atoms with van der Waals surface area (Å²) >= 11 is 0. The van der Waals surface area contributed by atoms with Gasteiger partial charge in [0, 0.05) is 17.5 Å². The van der Waals surface area contributed by atoms with Gasteiger partial charge in [0.25, 0.3) is 0 Å². The highest BCUT2D eigenvalue weighted by Crippen LogP contribution is 2.23. The van der Waals surface area contributed by atoms with E-state index in [2.05, 4.69) is 0 Å². The van der Waals surface area contributed by atoms with E-state index < -0.39 is 30.0 Å². The molecule has 0 heterocycles. The SMILES string of the molecule is O=C(O)c1cccc(F)c1Cc1c(F)cccc1C(=O)O. The van der Waals surface area contributed by atoms with Gasteiger partial charge in [-0.15, -0.1) is 0 Å². The Morgan fingerprint density at radius 3 is 1.52 bits per heavy atom. The maximum atomic E-state index is 13.8. The van der Waals surface area contributed by atoms with Gasteiger partial charge in [0.05, 0.1) is 11.1 Å².